The minimum absolute atomic E-state index is 0.562. The number of rotatable bonds is 3. The molecule has 1 heterocycles. The third kappa shape index (κ3) is 3.37. The van der Waals surface area contributed by atoms with Gasteiger partial charge in [-0.1, -0.05) is 17.7 Å². The molecule has 1 aromatic heterocycles. The van der Waals surface area contributed by atoms with Crippen molar-refractivity contribution < 1.29 is 0 Å². The molecule has 0 bridgehead atoms. The summed E-state index contributed by atoms with van der Waals surface area (Å²) >= 11 is 11.2. The molecule has 0 aliphatic rings. The van der Waals surface area contributed by atoms with Gasteiger partial charge in [0.2, 0.25) is 0 Å². The van der Waals surface area contributed by atoms with Crippen LogP contribution < -0.4 is 5.73 Å². The number of hydrogen-bond acceptors (Lipinski definition) is 3. The van der Waals surface area contributed by atoms with Gasteiger partial charge in [-0.25, -0.2) is 4.98 Å². The van der Waals surface area contributed by atoms with Crippen LogP contribution in [0, 0.1) is 0 Å². The molecule has 0 amide bonds. The van der Waals surface area contributed by atoms with Gasteiger partial charge in [-0.2, -0.15) is 0 Å². The van der Waals surface area contributed by atoms with E-state index in [-0.39, 0.29) is 0 Å². The second-order valence-corrected chi connectivity index (χ2v) is 5.66. The maximum absolute atomic E-state index is 6.00. The largest absolute Gasteiger partial charge is 0.399 e. The molecule has 0 fully saturated rings. The molecule has 5 heteroatoms. The van der Waals surface area contributed by atoms with Crippen LogP contribution in [0.3, 0.4) is 0 Å². The molecule has 2 N–H and O–H groups in total. The summed E-state index contributed by atoms with van der Waals surface area (Å²) in [6, 6.07) is 9.65. The van der Waals surface area contributed by atoms with Crippen LogP contribution in [0.1, 0.15) is 5.56 Å². The molecule has 2 nitrogen and oxygen atoms in total. The van der Waals surface area contributed by atoms with Crippen LogP contribution >= 0.6 is 39.3 Å². The fraction of sp³-hybridized carbons (Fsp3) is 0.0833. The van der Waals surface area contributed by atoms with Crippen molar-refractivity contribution in [2.45, 2.75) is 10.6 Å². The average Bonchev–Trinajstić information content (AvgIpc) is 2.30. The van der Waals surface area contributed by atoms with Crippen molar-refractivity contribution in [1.82, 2.24) is 4.98 Å². The first-order chi connectivity index (χ1) is 8.16. The summed E-state index contributed by atoms with van der Waals surface area (Å²) in [6.07, 6.45) is 1.69. The van der Waals surface area contributed by atoms with Gasteiger partial charge in [-0.15, -0.1) is 11.8 Å². The third-order valence-corrected chi connectivity index (χ3v) is 4.56. The van der Waals surface area contributed by atoms with E-state index >= 15 is 0 Å². The summed E-state index contributed by atoms with van der Waals surface area (Å²) in [5.41, 5.74) is 7.47. The summed E-state index contributed by atoms with van der Waals surface area (Å²) in [5, 5.41) is 0.562. The summed E-state index contributed by atoms with van der Waals surface area (Å²) < 4.78 is 1.00. The van der Waals surface area contributed by atoms with E-state index in [1.807, 2.05) is 30.3 Å². The Morgan fingerprint density at radius 3 is 2.88 bits per heavy atom. The van der Waals surface area contributed by atoms with E-state index in [0.29, 0.717) is 5.15 Å². The van der Waals surface area contributed by atoms with Crippen LogP contribution in [0.25, 0.3) is 0 Å². The number of pyridine rings is 1. The van der Waals surface area contributed by atoms with Crippen molar-refractivity contribution in [2.24, 2.45) is 0 Å². The maximum atomic E-state index is 6.00. The van der Waals surface area contributed by atoms with Crippen LogP contribution in [0.4, 0.5) is 5.69 Å². The lowest BCUT2D eigenvalue weighted by Gasteiger charge is -2.06. The van der Waals surface area contributed by atoms with E-state index in [4.69, 9.17) is 17.3 Å². The predicted molar refractivity (Wildman–Crippen MR) is 77.4 cm³/mol. The minimum atomic E-state index is 0.562. The quantitative estimate of drug-likeness (QED) is 0.516. The number of aromatic nitrogens is 1. The van der Waals surface area contributed by atoms with E-state index in [2.05, 4.69) is 20.9 Å². The predicted octanol–water partition coefficient (Wildman–Crippen LogP) is 4.37. The standard InChI is InChI=1S/C12H10BrClN2S/c13-10-6-9(15)3-4-11(10)17-7-8-2-1-5-16-12(8)14/h1-6H,7,15H2. The molecule has 0 saturated carbocycles. The molecular weight excluding hydrogens is 320 g/mol. The third-order valence-electron chi connectivity index (χ3n) is 2.18. The van der Waals surface area contributed by atoms with E-state index in [9.17, 15) is 0 Å². The van der Waals surface area contributed by atoms with Crippen LogP contribution in [0.2, 0.25) is 5.15 Å². The molecule has 0 atom stereocenters. The molecule has 0 saturated heterocycles. The molecule has 0 unspecified atom stereocenters. The van der Waals surface area contributed by atoms with Gasteiger partial charge in [0.25, 0.3) is 0 Å². The first kappa shape index (κ1) is 12.7. The van der Waals surface area contributed by atoms with Crippen LogP contribution in [-0.4, -0.2) is 4.98 Å². The molecular formula is C12H10BrClN2S. The van der Waals surface area contributed by atoms with Crippen molar-refractivity contribution in [3.63, 3.8) is 0 Å². The Bertz CT molecular complexity index is 534. The Balaban J connectivity index is 2.10. The van der Waals surface area contributed by atoms with Crippen molar-refractivity contribution in [2.75, 3.05) is 5.73 Å². The van der Waals surface area contributed by atoms with E-state index in [1.54, 1.807) is 18.0 Å². The highest BCUT2D eigenvalue weighted by molar-refractivity contribution is 9.10. The molecule has 88 valence electrons. The number of thioether (sulfide) groups is 1. The second kappa shape index (κ2) is 5.76. The number of nitrogens with two attached hydrogens (primary N) is 1. The van der Waals surface area contributed by atoms with E-state index < -0.39 is 0 Å². The van der Waals surface area contributed by atoms with Crippen molar-refractivity contribution in [1.29, 1.82) is 0 Å². The van der Waals surface area contributed by atoms with E-state index in [1.165, 1.54) is 0 Å². The van der Waals surface area contributed by atoms with Crippen LogP contribution in [0.5, 0.6) is 0 Å². The molecule has 0 spiro atoms. The monoisotopic (exact) mass is 328 g/mol. The van der Waals surface area contributed by atoms with Gasteiger partial charge < -0.3 is 5.73 Å². The Morgan fingerprint density at radius 1 is 1.35 bits per heavy atom. The number of hydrogen-bond donors (Lipinski definition) is 1. The molecule has 0 radical (unpaired) electrons. The molecule has 17 heavy (non-hydrogen) atoms. The smallest absolute Gasteiger partial charge is 0.133 e. The topological polar surface area (TPSA) is 38.9 Å². The Morgan fingerprint density at radius 2 is 2.18 bits per heavy atom. The number of halogens is 2. The zero-order valence-corrected chi connectivity index (χ0v) is 12.0. The fourth-order valence-corrected chi connectivity index (χ4v) is 3.23. The highest BCUT2D eigenvalue weighted by atomic mass is 79.9. The van der Waals surface area contributed by atoms with Gasteiger partial charge >= 0.3 is 0 Å². The zero-order valence-electron chi connectivity index (χ0n) is 8.86. The first-order valence-corrected chi connectivity index (χ1v) is 7.09. The lowest BCUT2D eigenvalue weighted by atomic mass is 10.3. The summed E-state index contributed by atoms with van der Waals surface area (Å²) in [7, 11) is 0. The van der Waals surface area contributed by atoms with E-state index in [0.717, 1.165) is 26.4 Å². The minimum Gasteiger partial charge on any atom is -0.399 e. The van der Waals surface area contributed by atoms with Gasteiger partial charge in [-0.3, -0.25) is 0 Å². The Hall–Kier alpha value is -0.710. The highest BCUT2D eigenvalue weighted by Crippen LogP contribution is 2.32. The summed E-state index contributed by atoms with van der Waals surface area (Å²) in [5.74, 6) is 0.787. The lowest BCUT2D eigenvalue weighted by molar-refractivity contribution is 1.25. The van der Waals surface area contributed by atoms with Gasteiger partial charge in [0.1, 0.15) is 5.15 Å². The van der Waals surface area contributed by atoms with Gasteiger partial charge in [-0.05, 0) is 45.8 Å². The fourth-order valence-electron chi connectivity index (χ4n) is 1.32. The summed E-state index contributed by atoms with van der Waals surface area (Å²) in [4.78, 5) is 5.19. The van der Waals surface area contributed by atoms with Gasteiger partial charge in [0.05, 0.1) is 0 Å². The number of nitrogens with zero attached hydrogens (tertiary/aromatic N) is 1. The molecule has 2 rings (SSSR count). The zero-order chi connectivity index (χ0) is 12.3. The molecule has 2 aromatic rings. The first-order valence-electron chi connectivity index (χ1n) is 4.94. The molecule has 0 aliphatic carbocycles. The van der Waals surface area contributed by atoms with Crippen LogP contribution in [-0.2, 0) is 5.75 Å². The highest BCUT2D eigenvalue weighted by Gasteiger charge is 2.04. The van der Waals surface area contributed by atoms with Crippen LogP contribution in [0.15, 0.2) is 45.9 Å². The number of anilines is 1. The van der Waals surface area contributed by atoms with Crippen molar-refractivity contribution >= 4 is 45.0 Å². The maximum Gasteiger partial charge on any atom is 0.133 e. The van der Waals surface area contributed by atoms with Crippen molar-refractivity contribution in [3.05, 3.63) is 51.7 Å². The number of benzene rings is 1. The SMILES string of the molecule is Nc1ccc(SCc2cccnc2Cl)c(Br)c1. The Labute approximate surface area is 118 Å². The molecule has 0 aliphatic heterocycles. The van der Waals surface area contributed by atoms with Gasteiger partial charge in [0.15, 0.2) is 0 Å². The molecule has 1 aromatic carbocycles. The summed E-state index contributed by atoms with van der Waals surface area (Å²) in [6.45, 7) is 0. The van der Waals surface area contributed by atoms with Crippen molar-refractivity contribution in [3.8, 4) is 0 Å². The average molecular weight is 330 g/mol. The Kier molecular flexibility index (Phi) is 4.31. The normalized spacial score (nSPS) is 10.5. The number of nitrogen functional groups attached to an aromatic ring is 1. The van der Waals surface area contributed by atoms with Gasteiger partial charge in [0, 0.05) is 27.0 Å². The lowest BCUT2D eigenvalue weighted by Crippen LogP contribution is -1.87. The second-order valence-electron chi connectivity index (χ2n) is 3.43.